The van der Waals surface area contributed by atoms with E-state index in [-0.39, 0.29) is 17.2 Å². The summed E-state index contributed by atoms with van der Waals surface area (Å²) in [6.45, 7) is 9.52. The zero-order valence-electron chi connectivity index (χ0n) is 14.2. The first-order valence-corrected chi connectivity index (χ1v) is 8.95. The molecule has 5 heteroatoms. The molecule has 0 aromatic heterocycles. The molecule has 0 bridgehead atoms. The van der Waals surface area contributed by atoms with Gasteiger partial charge in [0.2, 0.25) is 5.91 Å². The van der Waals surface area contributed by atoms with E-state index in [0.29, 0.717) is 23.1 Å². The van der Waals surface area contributed by atoms with Crippen molar-refractivity contribution in [1.82, 2.24) is 10.2 Å². The minimum atomic E-state index is 0.0485. The van der Waals surface area contributed by atoms with Gasteiger partial charge in [-0.05, 0) is 36.9 Å². The zero-order valence-corrected chi connectivity index (χ0v) is 15.7. The highest BCUT2D eigenvalue weighted by molar-refractivity contribution is 6.35. The summed E-state index contributed by atoms with van der Waals surface area (Å²) in [6, 6.07) is 5.58. The summed E-state index contributed by atoms with van der Waals surface area (Å²) in [7, 11) is 0. The number of halogens is 2. The topological polar surface area (TPSA) is 32.3 Å². The van der Waals surface area contributed by atoms with Crippen LogP contribution in [0.15, 0.2) is 18.2 Å². The monoisotopic (exact) mass is 356 g/mol. The first-order chi connectivity index (χ1) is 10.8. The predicted octanol–water partition coefficient (Wildman–Crippen LogP) is 4.37. The molecule has 1 aliphatic heterocycles. The fraction of sp³-hybridized carbons (Fsp3) is 0.611. The minimum Gasteiger partial charge on any atom is -0.355 e. The van der Waals surface area contributed by atoms with E-state index in [9.17, 15) is 4.79 Å². The lowest BCUT2D eigenvalue weighted by molar-refractivity contribution is -0.127. The highest BCUT2D eigenvalue weighted by Gasteiger charge is 2.27. The SMILES string of the molecule is CC(C)(C)CNC(=O)[C@H]1CCCN(Cc2c(Cl)cccc2Cl)C1. The molecule has 1 heterocycles. The first-order valence-electron chi connectivity index (χ1n) is 8.19. The third-order valence-electron chi connectivity index (χ3n) is 4.11. The zero-order chi connectivity index (χ0) is 17.0. The van der Waals surface area contributed by atoms with Crippen LogP contribution in [0.1, 0.15) is 39.2 Å². The summed E-state index contributed by atoms with van der Waals surface area (Å²) in [5, 5.41) is 4.46. The molecule has 128 valence electrons. The first kappa shape index (κ1) is 18.6. The van der Waals surface area contributed by atoms with Crippen LogP contribution in [0.2, 0.25) is 10.0 Å². The van der Waals surface area contributed by atoms with Crippen LogP contribution < -0.4 is 5.32 Å². The number of rotatable bonds is 4. The van der Waals surface area contributed by atoms with Gasteiger partial charge in [0.15, 0.2) is 0 Å². The van der Waals surface area contributed by atoms with Crippen molar-refractivity contribution in [3.8, 4) is 0 Å². The number of benzene rings is 1. The lowest BCUT2D eigenvalue weighted by Gasteiger charge is -2.33. The number of carbonyl (C=O) groups excluding carboxylic acids is 1. The van der Waals surface area contributed by atoms with Crippen molar-refractivity contribution in [2.75, 3.05) is 19.6 Å². The second-order valence-corrected chi connectivity index (χ2v) is 8.37. The molecule has 1 saturated heterocycles. The van der Waals surface area contributed by atoms with Gasteiger partial charge < -0.3 is 5.32 Å². The van der Waals surface area contributed by atoms with Gasteiger partial charge in [-0.1, -0.05) is 50.0 Å². The number of likely N-dealkylation sites (tertiary alicyclic amines) is 1. The van der Waals surface area contributed by atoms with E-state index in [2.05, 4.69) is 31.0 Å². The van der Waals surface area contributed by atoms with Gasteiger partial charge in [0, 0.05) is 35.2 Å². The van der Waals surface area contributed by atoms with Gasteiger partial charge in [-0.3, -0.25) is 9.69 Å². The van der Waals surface area contributed by atoms with E-state index >= 15 is 0 Å². The highest BCUT2D eigenvalue weighted by Crippen LogP contribution is 2.27. The van der Waals surface area contributed by atoms with Crippen LogP contribution in [0.4, 0.5) is 0 Å². The van der Waals surface area contributed by atoms with Crippen LogP contribution in [-0.4, -0.2) is 30.4 Å². The third-order valence-corrected chi connectivity index (χ3v) is 4.82. The molecule has 0 radical (unpaired) electrons. The molecule has 2 rings (SSSR count). The molecule has 1 atom stereocenters. The lowest BCUT2D eigenvalue weighted by atomic mass is 9.94. The van der Waals surface area contributed by atoms with Gasteiger partial charge in [0.1, 0.15) is 0 Å². The van der Waals surface area contributed by atoms with E-state index < -0.39 is 0 Å². The Labute approximate surface area is 149 Å². The molecule has 0 aliphatic carbocycles. The number of hydrogen-bond donors (Lipinski definition) is 1. The minimum absolute atomic E-state index is 0.0485. The Bertz CT molecular complexity index is 534. The second kappa shape index (κ2) is 7.87. The maximum atomic E-state index is 12.4. The number of nitrogens with one attached hydrogen (secondary N) is 1. The van der Waals surface area contributed by atoms with E-state index in [0.717, 1.165) is 31.5 Å². The van der Waals surface area contributed by atoms with Gasteiger partial charge in [0.25, 0.3) is 0 Å². The van der Waals surface area contributed by atoms with Crippen molar-refractivity contribution in [2.45, 2.75) is 40.2 Å². The van der Waals surface area contributed by atoms with Crippen LogP contribution in [0.5, 0.6) is 0 Å². The standard InChI is InChI=1S/C18H26Cl2N2O/c1-18(2,3)12-21-17(23)13-6-5-9-22(10-13)11-14-15(19)7-4-8-16(14)20/h4,7-8,13H,5-6,9-12H2,1-3H3,(H,21,23)/t13-/m0/s1. The largest absolute Gasteiger partial charge is 0.355 e. The number of amides is 1. The van der Waals surface area contributed by atoms with Crippen molar-refractivity contribution in [3.63, 3.8) is 0 Å². The molecule has 0 spiro atoms. The van der Waals surface area contributed by atoms with Crippen LogP contribution in [0, 0.1) is 11.3 Å². The number of carbonyl (C=O) groups is 1. The Morgan fingerprint density at radius 1 is 1.30 bits per heavy atom. The third kappa shape index (κ3) is 5.66. The Morgan fingerprint density at radius 3 is 2.57 bits per heavy atom. The van der Waals surface area contributed by atoms with Gasteiger partial charge >= 0.3 is 0 Å². The fourth-order valence-electron chi connectivity index (χ4n) is 2.82. The molecule has 1 N–H and O–H groups in total. The van der Waals surface area contributed by atoms with Gasteiger partial charge in [0.05, 0.1) is 5.92 Å². The Hall–Kier alpha value is -0.770. The van der Waals surface area contributed by atoms with Gasteiger partial charge in [-0.25, -0.2) is 0 Å². The lowest BCUT2D eigenvalue weighted by Crippen LogP contribution is -2.44. The van der Waals surface area contributed by atoms with E-state index in [4.69, 9.17) is 23.2 Å². The quantitative estimate of drug-likeness (QED) is 0.868. The average molecular weight is 357 g/mol. The molecule has 0 unspecified atom stereocenters. The van der Waals surface area contributed by atoms with Crippen LogP contribution in [0.3, 0.4) is 0 Å². The molecule has 1 aliphatic rings. The van der Waals surface area contributed by atoms with E-state index in [1.54, 1.807) is 0 Å². The summed E-state index contributed by atoms with van der Waals surface area (Å²) in [6.07, 6.45) is 1.97. The summed E-state index contributed by atoms with van der Waals surface area (Å²) in [5.74, 6) is 0.210. The number of nitrogens with zero attached hydrogens (tertiary/aromatic N) is 1. The number of piperidine rings is 1. The van der Waals surface area contributed by atoms with Crippen LogP contribution in [-0.2, 0) is 11.3 Å². The Morgan fingerprint density at radius 2 is 1.96 bits per heavy atom. The molecule has 1 aromatic rings. The van der Waals surface area contributed by atoms with Crippen molar-refractivity contribution in [3.05, 3.63) is 33.8 Å². The number of hydrogen-bond acceptors (Lipinski definition) is 2. The van der Waals surface area contributed by atoms with Crippen molar-refractivity contribution >= 4 is 29.1 Å². The van der Waals surface area contributed by atoms with Crippen molar-refractivity contribution < 1.29 is 4.79 Å². The molecule has 1 fully saturated rings. The van der Waals surface area contributed by atoms with Gasteiger partial charge in [-0.15, -0.1) is 0 Å². The normalized spacial score (nSPS) is 19.6. The smallest absolute Gasteiger partial charge is 0.224 e. The maximum absolute atomic E-state index is 12.4. The summed E-state index contributed by atoms with van der Waals surface area (Å²) >= 11 is 12.5. The maximum Gasteiger partial charge on any atom is 0.224 e. The van der Waals surface area contributed by atoms with Crippen molar-refractivity contribution in [2.24, 2.45) is 11.3 Å². The molecular weight excluding hydrogens is 331 g/mol. The summed E-state index contributed by atoms with van der Waals surface area (Å²) in [5.41, 5.74) is 1.06. The molecule has 1 amide bonds. The molecule has 0 saturated carbocycles. The predicted molar refractivity (Wildman–Crippen MR) is 96.9 cm³/mol. The second-order valence-electron chi connectivity index (χ2n) is 7.55. The van der Waals surface area contributed by atoms with E-state index in [1.165, 1.54) is 0 Å². The van der Waals surface area contributed by atoms with Gasteiger partial charge in [-0.2, -0.15) is 0 Å². The molecule has 3 nitrogen and oxygen atoms in total. The summed E-state index contributed by atoms with van der Waals surface area (Å²) in [4.78, 5) is 14.7. The Kier molecular flexibility index (Phi) is 6.35. The van der Waals surface area contributed by atoms with Crippen LogP contribution in [0.25, 0.3) is 0 Å². The summed E-state index contributed by atoms with van der Waals surface area (Å²) < 4.78 is 0. The fourth-order valence-corrected chi connectivity index (χ4v) is 3.33. The Balaban J connectivity index is 1.94. The molecular formula is C18H26Cl2N2O. The van der Waals surface area contributed by atoms with Crippen molar-refractivity contribution in [1.29, 1.82) is 0 Å². The van der Waals surface area contributed by atoms with E-state index in [1.807, 2.05) is 18.2 Å². The average Bonchev–Trinajstić information content (AvgIpc) is 2.48. The highest BCUT2D eigenvalue weighted by atomic mass is 35.5. The van der Waals surface area contributed by atoms with Crippen LogP contribution >= 0.6 is 23.2 Å². The molecule has 1 aromatic carbocycles. The molecule has 23 heavy (non-hydrogen) atoms.